The standard InChI is InChI=1S/C8H16O/c1-4-7(2)5-8(3)6-9/h6-8H,4-5H2,1-3H3/t7-,8?/m1/s1. The van der Waals surface area contributed by atoms with Crippen molar-refractivity contribution in [3.05, 3.63) is 0 Å². The zero-order valence-electron chi connectivity index (χ0n) is 6.55. The summed E-state index contributed by atoms with van der Waals surface area (Å²) >= 11 is 0. The summed E-state index contributed by atoms with van der Waals surface area (Å²) in [7, 11) is 0. The summed E-state index contributed by atoms with van der Waals surface area (Å²) in [5.41, 5.74) is 0. The van der Waals surface area contributed by atoms with Gasteiger partial charge in [0, 0.05) is 5.92 Å². The van der Waals surface area contributed by atoms with Crippen LogP contribution in [0.5, 0.6) is 0 Å². The molecule has 0 radical (unpaired) electrons. The van der Waals surface area contributed by atoms with Crippen LogP contribution in [-0.2, 0) is 4.79 Å². The summed E-state index contributed by atoms with van der Waals surface area (Å²) in [6, 6.07) is 0. The van der Waals surface area contributed by atoms with Crippen molar-refractivity contribution in [2.24, 2.45) is 11.8 Å². The van der Waals surface area contributed by atoms with Crippen LogP contribution in [0, 0.1) is 11.8 Å². The molecule has 0 bridgehead atoms. The Morgan fingerprint density at radius 1 is 1.44 bits per heavy atom. The molecule has 0 saturated heterocycles. The highest BCUT2D eigenvalue weighted by atomic mass is 16.1. The van der Waals surface area contributed by atoms with E-state index in [1.807, 2.05) is 6.92 Å². The minimum atomic E-state index is 0.250. The third kappa shape index (κ3) is 4.19. The lowest BCUT2D eigenvalue weighted by molar-refractivity contribution is -0.111. The number of carbonyl (C=O) groups is 1. The Labute approximate surface area is 57.5 Å². The van der Waals surface area contributed by atoms with Gasteiger partial charge in [0.1, 0.15) is 6.29 Å². The van der Waals surface area contributed by atoms with Crippen LogP contribution in [0.25, 0.3) is 0 Å². The van der Waals surface area contributed by atoms with Crippen molar-refractivity contribution >= 4 is 6.29 Å². The zero-order valence-corrected chi connectivity index (χ0v) is 6.55. The van der Waals surface area contributed by atoms with E-state index in [1.165, 1.54) is 6.42 Å². The first kappa shape index (κ1) is 8.67. The van der Waals surface area contributed by atoms with Gasteiger partial charge < -0.3 is 4.79 Å². The molecule has 54 valence electrons. The van der Waals surface area contributed by atoms with Gasteiger partial charge in [-0.1, -0.05) is 27.2 Å². The molecular weight excluding hydrogens is 112 g/mol. The summed E-state index contributed by atoms with van der Waals surface area (Å²) in [4.78, 5) is 10.2. The van der Waals surface area contributed by atoms with Crippen molar-refractivity contribution in [2.45, 2.75) is 33.6 Å². The van der Waals surface area contributed by atoms with E-state index in [-0.39, 0.29) is 5.92 Å². The Hall–Kier alpha value is -0.330. The fourth-order valence-corrected chi connectivity index (χ4v) is 0.857. The summed E-state index contributed by atoms with van der Waals surface area (Å²) in [6.07, 6.45) is 3.25. The normalized spacial score (nSPS) is 16.8. The lowest BCUT2D eigenvalue weighted by Crippen LogP contribution is -2.02. The molecule has 1 unspecified atom stereocenters. The monoisotopic (exact) mass is 128 g/mol. The fraction of sp³-hybridized carbons (Fsp3) is 0.875. The molecule has 0 spiro atoms. The van der Waals surface area contributed by atoms with Gasteiger partial charge in [0.2, 0.25) is 0 Å². The molecule has 0 saturated carbocycles. The van der Waals surface area contributed by atoms with E-state index in [9.17, 15) is 4.79 Å². The Morgan fingerprint density at radius 3 is 2.33 bits per heavy atom. The first-order valence-corrected chi connectivity index (χ1v) is 3.66. The molecule has 0 aromatic heterocycles. The zero-order chi connectivity index (χ0) is 7.28. The van der Waals surface area contributed by atoms with Gasteiger partial charge in [-0.05, 0) is 12.3 Å². The first-order chi connectivity index (χ1) is 4.20. The fourth-order valence-electron chi connectivity index (χ4n) is 0.857. The SMILES string of the molecule is CC[C@@H](C)CC(C)C=O. The molecule has 0 fully saturated rings. The molecule has 1 nitrogen and oxygen atoms in total. The first-order valence-electron chi connectivity index (χ1n) is 3.66. The summed E-state index contributed by atoms with van der Waals surface area (Å²) in [5, 5.41) is 0. The largest absolute Gasteiger partial charge is 0.303 e. The Kier molecular flexibility index (Phi) is 4.37. The van der Waals surface area contributed by atoms with Crippen molar-refractivity contribution < 1.29 is 4.79 Å². The lowest BCUT2D eigenvalue weighted by Gasteiger charge is -2.08. The average molecular weight is 128 g/mol. The van der Waals surface area contributed by atoms with Crippen molar-refractivity contribution in [1.82, 2.24) is 0 Å². The third-order valence-electron chi connectivity index (χ3n) is 1.70. The van der Waals surface area contributed by atoms with Crippen LogP contribution in [0.2, 0.25) is 0 Å². The van der Waals surface area contributed by atoms with E-state index < -0.39 is 0 Å². The lowest BCUT2D eigenvalue weighted by atomic mass is 9.97. The molecule has 0 rings (SSSR count). The number of hydrogen-bond acceptors (Lipinski definition) is 1. The molecule has 0 aliphatic rings. The molecule has 2 atom stereocenters. The average Bonchev–Trinajstić information content (AvgIpc) is 1.87. The van der Waals surface area contributed by atoms with E-state index in [4.69, 9.17) is 0 Å². The third-order valence-corrected chi connectivity index (χ3v) is 1.70. The van der Waals surface area contributed by atoms with Gasteiger partial charge in [0.05, 0.1) is 0 Å². The van der Waals surface area contributed by atoms with E-state index in [0.29, 0.717) is 5.92 Å². The Morgan fingerprint density at radius 2 is 2.00 bits per heavy atom. The van der Waals surface area contributed by atoms with Gasteiger partial charge in [0.15, 0.2) is 0 Å². The van der Waals surface area contributed by atoms with Gasteiger partial charge in [-0.2, -0.15) is 0 Å². The quantitative estimate of drug-likeness (QED) is 0.531. The number of rotatable bonds is 4. The minimum Gasteiger partial charge on any atom is -0.303 e. The van der Waals surface area contributed by atoms with E-state index in [1.54, 1.807) is 0 Å². The summed E-state index contributed by atoms with van der Waals surface area (Å²) in [6.45, 7) is 6.31. The van der Waals surface area contributed by atoms with Crippen LogP contribution in [0.4, 0.5) is 0 Å². The van der Waals surface area contributed by atoms with Gasteiger partial charge in [0.25, 0.3) is 0 Å². The number of aldehydes is 1. The van der Waals surface area contributed by atoms with Crippen molar-refractivity contribution in [3.8, 4) is 0 Å². The maximum Gasteiger partial charge on any atom is 0.122 e. The molecule has 0 N–H and O–H groups in total. The van der Waals surface area contributed by atoms with Crippen molar-refractivity contribution in [3.63, 3.8) is 0 Å². The number of carbonyl (C=O) groups excluding carboxylic acids is 1. The predicted molar refractivity (Wildman–Crippen MR) is 39.3 cm³/mol. The van der Waals surface area contributed by atoms with Crippen LogP contribution in [0.15, 0.2) is 0 Å². The highest BCUT2D eigenvalue weighted by Gasteiger charge is 2.04. The highest BCUT2D eigenvalue weighted by molar-refractivity contribution is 5.52. The van der Waals surface area contributed by atoms with Gasteiger partial charge in [-0.3, -0.25) is 0 Å². The van der Waals surface area contributed by atoms with Crippen molar-refractivity contribution in [2.75, 3.05) is 0 Å². The van der Waals surface area contributed by atoms with Gasteiger partial charge >= 0.3 is 0 Å². The molecule has 0 aromatic rings. The maximum absolute atomic E-state index is 10.2. The topological polar surface area (TPSA) is 17.1 Å². The predicted octanol–water partition coefficient (Wildman–Crippen LogP) is 2.26. The summed E-state index contributed by atoms with van der Waals surface area (Å²) < 4.78 is 0. The highest BCUT2D eigenvalue weighted by Crippen LogP contribution is 2.12. The molecule has 0 aliphatic heterocycles. The van der Waals surface area contributed by atoms with Crippen LogP contribution in [0.1, 0.15) is 33.6 Å². The maximum atomic E-state index is 10.2. The second-order valence-electron chi connectivity index (χ2n) is 2.86. The molecule has 0 heterocycles. The van der Waals surface area contributed by atoms with Crippen molar-refractivity contribution in [1.29, 1.82) is 0 Å². The van der Waals surface area contributed by atoms with E-state index in [2.05, 4.69) is 13.8 Å². The van der Waals surface area contributed by atoms with Crippen LogP contribution in [0.3, 0.4) is 0 Å². The van der Waals surface area contributed by atoms with Gasteiger partial charge in [-0.15, -0.1) is 0 Å². The van der Waals surface area contributed by atoms with E-state index >= 15 is 0 Å². The second kappa shape index (κ2) is 4.54. The molecule has 0 aliphatic carbocycles. The molecule has 0 aromatic carbocycles. The number of hydrogen-bond donors (Lipinski definition) is 0. The molecule has 9 heavy (non-hydrogen) atoms. The summed E-state index contributed by atoms with van der Waals surface area (Å²) in [5.74, 6) is 0.949. The van der Waals surface area contributed by atoms with Crippen LogP contribution >= 0.6 is 0 Å². The molecular formula is C8H16O. The Balaban J connectivity index is 3.33. The second-order valence-corrected chi connectivity index (χ2v) is 2.86. The minimum absolute atomic E-state index is 0.250. The van der Waals surface area contributed by atoms with E-state index in [0.717, 1.165) is 12.7 Å². The molecule has 1 heteroatoms. The Bertz CT molecular complexity index is 78.6. The molecule has 0 amide bonds. The smallest absolute Gasteiger partial charge is 0.122 e. The van der Waals surface area contributed by atoms with Crippen LogP contribution in [-0.4, -0.2) is 6.29 Å². The van der Waals surface area contributed by atoms with Crippen LogP contribution < -0.4 is 0 Å². The van der Waals surface area contributed by atoms with Gasteiger partial charge in [-0.25, -0.2) is 0 Å².